The fourth-order valence-corrected chi connectivity index (χ4v) is 2.62. The minimum absolute atomic E-state index is 0.679. The molecule has 2 rings (SSSR count). The number of nitrogens with zero attached hydrogens (tertiary/aromatic N) is 2. The number of aliphatic hydroxyl groups is 4. The van der Waals surface area contributed by atoms with Gasteiger partial charge in [0.15, 0.2) is 0 Å². The minimum Gasteiger partial charge on any atom is -0.394 e. The Kier molecular flexibility index (Phi) is 4.49. The Bertz CT molecular complexity index is 472. The number of amides is 4. The molecule has 22 heavy (non-hydrogen) atoms. The molecule has 124 valence electrons. The molecule has 2 fully saturated rings. The number of ether oxygens (including phenoxy) is 1. The van der Waals surface area contributed by atoms with Crippen molar-refractivity contribution < 1.29 is 39.5 Å². The summed E-state index contributed by atoms with van der Waals surface area (Å²) in [4.78, 5) is 37.4. The summed E-state index contributed by atoms with van der Waals surface area (Å²) in [5.41, 5.74) is 0. The van der Waals surface area contributed by atoms with Crippen LogP contribution in [0.5, 0.6) is 0 Å². The maximum absolute atomic E-state index is 12.2. The van der Waals surface area contributed by atoms with E-state index in [9.17, 15) is 29.7 Å². The van der Waals surface area contributed by atoms with Gasteiger partial charge in [0.1, 0.15) is 36.4 Å². The minimum atomic E-state index is -1.73. The van der Waals surface area contributed by atoms with Gasteiger partial charge in [0.2, 0.25) is 11.8 Å². The van der Waals surface area contributed by atoms with Gasteiger partial charge in [0.05, 0.1) is 6.61 Å². The molecule has 0 aliphatic carbocycles. The highest BCUT2D eigenvalue weighted by atomic mass is 16.5. The van der Waals surface area contributed by atoms with E-state index in [-0.39, 0.29) is 0 Å². The van der Waals surface area contributed by atoms with Gasteiger partial charge in [0, 0.05) is 14.1 Å². The van der Waals surface area contributed by atoms with E-state index in [1.807, 2.05) is 0 Å². The number of carbonyl (C=O) groups excluding carboxylic acids is 3. The van der Waals surface area contributed by atoms with Crippen molar-refractivity contribution in [1.82, 2.24) is 9.80 Å². The standard InChI is InChI=1S/C12H18N2O8/c1-13-10(19)5(11(20)14(2)12(13)21)9-8(18)7(17)6(16)4(3-15)22-9/h4-9,15-18H,3H2,1-2H3/t4-,6-,7+,8-,9?/m1/s1. The molecule has 0 aromatic carbocycles. The van der Waals surface area contributed by atoms with Crippen LogP contribution in [0.3, 0.4) is 0 Å². The summed E-state index contributed by atoms with van der Waals surface area (Å²) in [6.07, 6.45) is -7.76. The van der Waals surface area contributed by atoms with Gasteiger partial charge < -0.3 is 25.2 Å². The fraction of sp³-hybridized carbons (Fsp3) is 0.750. The van der Waals surface area contributed by atoms with E-state index < -0.39 is 60.9 Å². The first-order valence-corrected chi connectivity index (χ1v) is 6.62. The third-order valence-corrected chi connectivity index (χ3v) is 4.02. The number of hydrogen-bond donors (Lipinski definition) is 4. The zero-order valence-electron chi connectivity index (χ0n) is 12.0. The highest BCUT2D eigenvalue weighted by Crippen LogP contribution is 2.30. The fourth-order valence-electron chi connectivity index (χ4n) is 2.62. The van der Waals surface area contributed by atoms with Crippen molar-refractivity contribution in [1.29, 1.82) is 0 Å². The molecule has 4 amide bonds. The second kappa shape index (κ2) is 5.89. The van der Waals surface area contributed by atoms with Gasteiger partial charge in [-0.2, -0.15) is 0 Å². The van der Waals surface area contributed by atoms with Crippen molar-refractivity contribution in [2.24, 2.45) is 5.92 Å². The van der Waals surface area contributed by atoms with Crippen LogP contribution in [0.4, 0.5) is 4.79 Å². The molecular weight excluding hydrogens is 300 g/mol. The predicted molar refractivity (Wildman–Crippen MR) is 68.2 cm³/mol. The Hall–Kier alpha value is -1.59. The summed E-state index contributed by atoms with van der Waals surface area (Å²) in [5, 5.41) is 38.6. The van der Waals surface area contributed by atoms with Crippen LogP contribution in [0.1, 0.15) is 0 Å². The number of barbiturate groups is 1. The van der Waals surface area contributed by atoms with Crippen LogP contribution in [-0.4, -0.2) is 99.3 Å². The molecule has 2 aliphatic rings. The SMILES string of the molecule is CN1C(=O)C(C2O[C@H](CO)[C@@H](O)[C@H](O)[C@H]2O)C(=O)N(C)C1=O. The van der Waals surface area contributed by atoms with Gasteiger partial charge in [-0.1, -0.05) is 0 Å². The van der Waals surface area contributed by atoms with Crippen LogP contribution in [0.25, 0.3) is 0 Å². The molecule has 10 heteroatoms. The molecule has 0 bridgehead atoms. The van der Waals surface area contributed by atoms with Crippen molar-refractivity contribution in [2.45, 2.75) is 30.5 Å². The second-order valence-corrected chi connectivity index (χ2v) is 5.35. The summed E-state index contributed by atoms with van der Waals surface area (Å²) in [6.45, 7) is -0.679. The first kappa shape index (κ1) is 16.8. The van der Waals surface area contributed by atoms with Crippen molar-refractivity contribution in [2.75, 3.05) is 20.7 Å². The van der Waals surface area contributed by atoms with Crippen molar-refractivity contribution in [3.8, 4) is 0 Å². The summed E-state index contributed by atoms with van der Waals surface area (Å²) < 4.78 is 5.23. The average molecular weight is 318 g/mol. The first-order chi connectivity index (χ1) is 10.2. The summed E-state index contributed by atoms with van der Waals surface area (Å²) in [6, 6.07) is -0.823. The Labute approximate surface area is 125 Å². The number of carbonyl (C=O) groups is 3. The van der Waals surface area contributed by atoms with E-state index in [0.29, 0.717) is 9.80 Å². The van der Waals surface area contributed by atoms with Crippen LogP contribution in [0.2, 0.25) is 0 Å². The second-order valence-electron chi connectivity index (χ2n) is 5.35. The molecule has 1 unspecified atom stereocenters. The van der Waals surface area contributed by atoms with E-state index in [1.165, 1.54) is 14.1 Å². The molecule has 0 radical (unpaired) electrons. The van der Waals surface area contributed by atoms with Gasteiger partial charge in [-0.25, -0.2) is 4.79 Å². The Balaban J connectivity index is 2.34. The summed E-state index contributed by atoms with van der Waals surface area (Å²) in [7, 11) is 2.34. The number of urea groups is 1. The smallest absolute Gasteiger partial charge is 0.332 e. The lowest BCUT2D eigenvalue weighted by atomic mass is 9.85. The molecule has 0 spiro atoms. The summed E-state index contributed by atoms with van der Waals surface area (Å²) >= 11 is 0. The van der Waals surface area contributed by atoms with Crippen molar-refractivity contribution in [3.63, 3.8) is 0 Å². The number of imide groups is 2. The third-order valence-electron chi connectivity index (χ3n) is 4.02. The van der Waals surface area contributed by atoms with Crippen LogP contribution in [0, 0.1) is 5.92 Å². The maximum atomic E-state index is 12.2. The maximum Gasteiger partial charge on any atom is 0.332 e. The van der Waals surface area contributed by atoms with Gasteiger partial charge in [0.25, 0.3) is 0 Å². The van der Waals surface area contributed by atoms with E-state index in [4.69, 9.17) is 9.84 Å². The van der Waals surface area contributed by atoms with E-state index in [0.717, 1.165) is 0 Å². The predicted octanol–water partition coefficient (Wildman–Crippen LogP) is -3.50. The van der Waals surface area contributed by atoms with E-state index >= 15 is 0 Å². The van der Waals surface area contributed by atoms with Crippen LogP contribution < -0.4 is 0 Å². The topological polar surface area (TPSA) is 148 Å². The van der Waals surface area contributed by atoms with E-state index in [1.54, 1.807) is 0 Å². The van der Waals surface area contributed by atoms with Crippen LogP contribution in [0.15, 0.2) is 0 Å². The van der Waals surface area contributed by atoms with Gasteiger partial charge in [-0.3, -0.25) is 19.4 Å². The molecule has 4 N–H and O–H groups in total. The largest absolute Gasteiger partial charge is 0.394 e. The highest BCUT2D eigenvalue weighted by Gasteiger charge is 2.54. The monoisotopic (exact) mass is 318 g/mol. The number of aliphatic hydroxyl groups excluding tert-OH is 4. The van der Waals surface area contributed by atoms with Crippen molar-refractivity contribution >= 4 is 17.8 Å². The third kappa shape index (κ3) is 2.38. The summed E-state index contributed by atoms with van der Waals surface area (Å²) in [5.74, 6) is -3.34. The van der Waals surface area contributed by atoms with Gasteiger partial charge in [-0.15, -0.1) is 0 Å². The molecule has 2 saturated heterocycles. The van der Waals surface area contributed by atoms with Crippen LogP contribution >= 0.6 is 0 Å². The lowest BCUT2D eigenvalue weighted by Gasteiger charge is -2.44. The molecular formula is C12H18N2O8. The van der Waals surface area contributed by atoms with Crippen molar-refractivity contribution in [3.05, 3.63) is 0 Å². The van der Waals surface area contributed by atoms with Gasteiger partial charge >= 0.3 is 6.03 Å². The lowest BCUT2D eigenvalue weighted by molar-refractivity contribution is -0.241. The molecule has 2 aliphatic heterocycles. The molecule has 0 aromatic rings. The molecule has 10 nitrogen and oxygen atoms in total. The zero-order chi connectivity index (χ0) is 16.8. The Morgan fingerprint density at radius 3 is 1.91 bits per heavy atom. The Morgan fingerprint density at radius 2 is 1.45 bits per heavy atom. The number of hydrogen-bond acceptors (Lipinski definition) is 8. The molecule has 0 aromatic heterocycles. The van der Waals surface area contributed by atoms with E-state index in [2.05, 4.69) is 0 Å². The van der Waals surface area contributed by atoms with Gasteiger partial charge in [-0.05, 0) is 0 Å². The van der Waals surface area contributed by atoms with Crippen LogP contribution in [-0.2, 0) is 14.3 Å². The molecule has 5 atom stereocenters. The quantitative estimate of drug-likeness (QED) is 0.383. The number of rotatable bonds is 2. The zero-order valence-corrected chi connectivity index (χ0v) is 12.0. The Morgan fingerprint density at radius 1 is 0.955 bits per heavy atom. The normalized spacial score (nSPS) is 37.9. The first-order valence-electron chi connectivity index (χ1n) is 6.62. The average Bonchev–Trinajstić information content (AvgIpc) is 2.51. The molecule has 2 heterocycles. The highest BCUT2D eigenvalue weighted by molar-refractivity contribution is 6.16. The molecule has 0 saturated carbocycles. The lowest BCUT2D eigenvalue weighted by Crippen LogP contribution is -2.67.